The van der Waals surface area contributed by atoms with Gasteiger partial charge in [-0.05, 0) is 67.3 Å². The third kappa shape index (κ3) is 3.98. The Hall–Kier alpha value is -2.90. The molecule has 5 nitrogen and oxygen atoms in total. The highest BCUT2D eigenvalue weighted by atomic mass is 19.4. The number of hydrogen-bond acceptors (Lipinski definition) is 4. The maximum absolute atomic E-state index is 13.3. The topological polar surface area (TPSA) is 44.8 Å². The molecule has 2 aromatic carbocycles. The number of nitrogens with one attached hydrogen (secondary N) is 1. The largest absolute Gasteiger partial charge is 0.497 e. The van der Waals surface area contributed by atoms with Gasteiger partial charge in [0.15, 0.2) is 0 Å². The first kappa shape index (κ1) is 21.0. The SMILES string of the molecule is COc1ccc(N2CCN3c4ccc(C(F)(F)F)cc4C[C@H](C(=O)NC4CC4)[C@@H]3C2)cc1. The molecule has 2 atom stereocenters. The quantitative estimate of drug-likeness (QED) is 0.777. The van der Waals surface area contributed by atoms with Crippen molar-refractivity contribution < 1.29 is 22.7 Å². The van der Waals surface area contributed by atoms with Crippen LogP contribution < -0.4 is 19.9 Å². The fourth-order valence-corrected chi connectivity index (χ4v) is 4.86. The maximum Gasteiger partial charge on any atom is 0.416 e. The summed E-state index contributed by atoms with van der Waals surface area (Å²) in [5.41, 5.74) is 1.80. The number of amides is 1. The van der Waals surface area contributed by atoms with Crippen LogP contribution in [-0.2, 0) is 17.4 Å². The minimum Gasteiger partial charge on any atom is -0.497 e. The van der Waals surface area contributed by atoms with Gasteiger partial charge in [0.1, 0.15) is 5.75 Å². The molecule has 0 unspecified atom stereocenters. The molecule has 1 saturated heterocycles. The van der Waals surface area contributed by atoms with Crippen LogP contribution in [0.5, 0.6) is 5.75 Å². The lowest BCUT2D eigenvalue weighted by Gasteiger charge is -2.49. The molecule has 170 valence electrons. The summed E-state index contributed by atoms with van der Waals surface area (Å²) < 4.78 is 45.2. The van der Waals surface area contributed by atoms with Gasteiger partial charge in [0, 0.05) is 37.1 Å². The van der Waals surface area contributed by atoms with Crippen molar-refractivity contribution >= 4 is 17.3 Å². The molecule has 0 aromatic heterocycles. The van der Waals surface area contributed by atoms with Crippen LogP contribution in [0.15, 0.2) is 42.5 Å². The van der Waals surface area contributed by atoms with E-state index in [1.807, 2.05) is 24.3 Å². The van der Waals surface area contributed by atoms with Crippen LogP contribution in [0.3, 0.4) is 0 Å². The fraction of sp³-hybridized carbons (Fsp3) is 0.458. The Kier molecular flexibility index (Phi) is 5.18. The van der Waals surface area contributed by atoms with E-state index in [2.05, 4.69) is 15.1 Å². The van der Waals surface area contributed by atoms with Gasteiger partial charge in [0.25, 0.3) is 0 Å². The molecule has 2 aromatic rings. The van der Waals surface area contributed by atoms with Gasteiger partial charge in [-0.25, -0.2) is 0 Å². The summed E-state index contributed by atoms with van der Waals surface area (Å²) in [6, 6.07) is 11.9. The zero-order chi connectivity index (χ0) is 22.5. The highest BCUT2D eigenvalue weighted by molar-refractivity contribution is 5.83. The summed E-state index contributed by atoms with van der Waals surface area (Å²) in [6.07, 6.45) is -2.14. The summed E-state index contributed by atoms with van der Waals surface area (Å²) in [5.74, 6) is 0.330. The Morgan fingerprint density at radius 2 is 1.84 bits per heavy atom. The van der Waals surface area contributed by atoms with Crippen molar-refractivity contribution in [2.75, 3.05) is 36.5 Å². The summed E-state index contributed by atoms with van der Waals surface area (Å²) in [4.78, 5) is 17.5. The van der Waals surface area contributed by atoms with Gasteiger partial charge in [-0.1, -0.05) is 0 Å². The van der Waals surface area contributed by atoms with E-state index >= 15 is 0 Å². The van der Waals surface area contributed by atoms with E-state index in [1.165, 1.54) is 6.07 Å². The zero-order valence-corrected chi connectivity index (χ0v) is 17.9. The number of anilines is 2. The number of nitrogens with zero attached hydrogens (tertiary/aromatic N) is 2. The molecule has 1 aliphatic carbocycles. The molecule has 2 aliphatic heterocycles. The summed E-state index contributed by atoms with van der Waals surface area (Å²) in [5, 5.41) is 3.08. The lowest BCUT2D eigenvalue weighted by atomic mass is 9.82. The van der Waals surface area contributed by atoms with E-state index < -0.39 is 17.7 Å². The number of fused-ring (bicyclic) bond motifs is 3. The summed E-state index contributed by atoms with van der Waals surface area (Å²) in [7, 11) is 1.63. The van der Waals surface area contributed by atoms with E-state index in [9.17, 15) is 18.0 Å². The van der Waals surface area contributed by atoms with Crippen molar-refractivity contribution in [3.63, 3.8) is 0 Å². The second-order valence-electron chi connectivity index (χ2n) is 8.84. The molecule has 2 fully saturated rings. The second-order valence-corrected chi connectivity index (χ2v) is 8.84. The summed E-state index contributed by atoms with van der Waals surface area (Å²) >= 11 is 0. The van der Waals surface area contributed by atoms with Gasteiger partial charge >= 0.3 is 6.18 Å². The molecule has 1 saturated carbocycles. The van der Waals surface area contributed by atoms with Crippen molar-refractivity contribution in [2.24, 2.45) is 5.92 Å². The number of piperazine rings is 1. The molecular formula is C24H26F3N3O2. The molecule has 2 heterocycles. The number of hydrogen-bond donors (Lipinski definition) is 1. The second kappa shape index (κ2) is 7.90. The van der Waals surface area contributed by atoms with Crippen molar-refractivity contribution in [1.82, 2.24) is 5.32 Å². The number of benzene rings is 2. The van der Waals surface area contributed by atoms with Gasteiger partial charge in [0.2, 0.25) is 5.91 Å². The minimum atomic E-state index is -4.40. The van der Waals surface area contributed by atoms with Gasteiger partial charge < -0.3 is 19.9 Å². The first-order chi connectivity index (χ1) is 15.3. The highest BCUT2D eigenvalue weighted by Crippen LogP contribution is 2.40. The Balaban J connectivity index is 1.45. The molecule has 1 N–H and O–H groups in total. The van der Waals surface area contributed by atoms with Crippen LogP contribution in [0, 0.1) is 5.92 Å². The fourth-order valence-electron chi connectivity index (χ4n) is 4.86. The average molecular weight is 445 g/mol. The van der Waals surface area contributed by atoms with Crippen molar-refractivity contribution in [3.05, 3.63) is 53.6 Å². The van der Waals surface area contributed by atoms with Crippen molar-refractivity contribution in [3.8, 4) is 5.75 Å². The predicted molar refractivity (Wildman–Crippen MR) is 116 cm³/mol. The maximum atomic E-state index is 13.3. The molecule has 8 heteroatoms. The Bertz CT molecular complexity index is 1000. The van der Waals surface area contributed by atoms with Crippen LogP contribution >= 0.6 is 0 Å². The Morgan fingerprint density at radius 1 is 1.09 bits per heavy atom. The molecule has 0 spiro atoms. The lowest BCUT2D eigenvalue weighted by Crippen LogP contribution is -2.61. The smallest absolute Gasteiger partial charge is 0.416 e. The first-order valence-electron chi connectivity index (χ1n) is 11.0. The lowest BCUT2D eigenvalue weighted by molar-refractivity contribution is -0.137. The monoisotopic (exact) mass is 445 g/mol. The number of halogens is 3. The Morgan fingerprint density at radius 3 is 2.50 bits per heavy atom. The molecule has 1 amide bonds. The zero-order valence-electron chi connectivity index (χ0n) is 17.9. The van der Waals surface area contributed by atoms with Gasteiger partial charge in [-0.2, -0.15) is 13.2 Å². The van der Waals surface area contributed by atoms with E-state index in [1.54, 1.807) is 13.2 Å². The summed E-state index contributed by atoms with van der Waals surface area (Å²) in [6.45, 7) is 2.00. The molecule has 32 heavy (non-hydrogen) atoms. The van der Waals surface area contributed by atoms with E-state index in [-0.39, 0.29) is 18.0 Å². The van der Waals surface area contributed by atoms with Crippen LogP contribution in [0.2, 0.25) is 0 Å². The molecule has 0 radical (unpaired) electrons. The minimum absolute atomic E-state index is 0.0536. The average Bonchev–Trinajstić information content (AvgIpc) is 3.61. The normalized spacial score (nSPS) is 22.8. The highest BCUT2D eigenvalue weighted by Gasteiger charge is 2.43. The number of carbonyl (C=O) groups is 1. The third-order valence-corrected chi connectivity index (χ3v) is 6.74. The number of carbonyl (C=O) groups excluding carboxylic acids is 1. The number of ether oxygens (including phenoxy) is 1. The first-order valence-corrected chi connectivity index (χ1v) is 11.0. The number of methoxy groups -OCH3 is 1. The van der Waals surface area contributed by atoms with Crippen LogP contribution in [0.4, 0.5) is 24.5 Å². The van der Waals surface area contributed by atoms with Gasteiger partial charge in [-0.15, -0.1) is 0 Å². The predicted octanol–water partition coefficient (Wildman–Crippen LogP) is 3.86. The van der Waals surface area contributed by atoms with Gasteiger partial charge in [0.05, 0.1) is 24.6 Å². The van der Waals surface area contributed by atoms with Crippen LogP contribution in [0.1, 0.15) is 24.0 Å². The van der Waals surface area contributed by atoms with Crippen LogP contribution in [0.25, 0.3) is 0 Å². The molecule has 0 bridgehead atoms. The molecule has 3 aliphatic rings. The van der Waals surface area contributed by atoms with Gasteiger partial charge in [-0.3, -0.25) is 4.79 Å². The Labute approximate surface area is 185 Å². The van der Waals surface area contributed by atoms with E-state index in [0.717, 1.165) is 42.6 Å². The van der Waals surface area contributed by atoms with Crippen molar-refractivity contribution in [2.45, 2.75) is 37.5 Å². The molecular weight excluding hydrogens is 419 g/mol. The molecule has 5 rings (SSSR count). The van der Waals surface area contributed by atoms with Crippen molar-refractivity contribution in [1.29, 1.82) is 0 Å². The van der Waals surface area contributed by atoms with E-state index in [4.69, 9.17) is 4.74 Å². The standard InChI is InChI=1S/C24H26F3N3O2/c1-32-19-7-5-18(6-8-19)29-10-11-30-21-9-2-16(24(25,26)27)12-15(21)13-20(22(30)14-29)23(31)28-17-3-4-17/h2,5-9,12,17,20,22H,3-4,10-11,13-14H2,1H3,(H,28,31)/t20-,22-/m0/s1. The third-order valence-electron chi connectivity index (χ3n) is 6.74. The number of alkyl halides is 3. The van der Waals surface area contributed by atoms with E-state index in [0.29, 0.717) is 25.1 Å². The number of rotatable bonds is 4. The van der Waals surface area contributed by atoms with Crippen LogP contribution in [-0.4, -0.2) is 44.7 Å².